The van der Waals surface area contributed by atoms with Gasteiger partial charge in [-0.05, 0) is 6.92 Å². The first-order chi connectivity index (χ1) is 9.61. The van der Waals surface area contributed by atoms with Crippen LogP contribution in [0.2, 0.25) is 0 Å². The van der Waals surface area contributed by atoms with Gasteiger partial charge in [0.05, 0.1) is 11.3 Å². The normalized spacial score (nSPS) is 10.3. The molecule has 0 spiro atoms. The first-order valence-corrected chi connectivity index (χ1v) is 5.81. The molecule has 2 rings (SSSR count). The number of rotatable bonds is 6. The van der Waals surface area contributed by atoms with Gasteiger partial charge in [0.25, 0.3) is 0 Å². The van der Waals surface area contributed by atoms with Crippen LogP contribution in [0, 0.1) is 17.0 Å². The number of aryl methyl sites for hydroxylation is 1. The lowest BCUT2D eigenvalue weighted by Gasteiger charge is -2.09. The molecule has 106 valence electrons. The van der Waals surface area contributed by atoms with Gasteiger partial charge in [0.1, 0.15) is 5.69 Å². The van der Waals surface area contributed by atoms with Crippen LogP contribution in [0.15, 0.2) is 18.7 Å². The predicted octanol–water partition coefficient (Wildman–Crippen LogP) is 0.287. The number of nitrogens with zero attached hydrogens (tertiary/aromatic N) is 5. The molecule has 0 fully saturated rings. The van der Waals surface area contributed by atoms with Crippen LogP contribution in [-0.4, -0.2) is 31.0 Å². The predicted molar refractivity (Wildman–Crippen MR) is 72.0 cm³/mol. The topological polar surface area (TPSA) is 137 Å². The summed E-state index contributed by atoms with van der Waals surface area (Å²) in [6, 6.07) is 0. The second-order valence-corrected chi connectivity index (χ2v) is 3.96. The minimum absolute atomic E-state index is 0.123. The van der Waals surface area contributed by atoms with Gasteiger partial charge in [-0.3, -0.25) is 15.5 Å². The SMILES string of the molecule is Cc1nc(NN)nc(NCCn2ccnc2)c1[N+](=O)[O-]. The fourth-order valence-electron chi connectivity index (χ4n) is 1.70. The molecule has 4 N–H and O–H groups in total. The Bertz CT molecular complexity index is 598. The van der Waals surface area contributed by atoms with Gasteiger partial charge in [-0.25, -0.2) is 15.8 Å². The zero-order chi connectivity index (χ0) is 14.5. The van der Waals surface area contributed by atoms with Crippen molar-refractivity contribution >= 4 is 17.5 Å². The Hall–Kier alpha value is -2.75. The average molecular weight is 278 g/mol. The first-order valence-electron chi connectivity index (χ1n) is 5.81. The number of imidazole rings is 1. The maximum absolute atomic E-state index is 11.1. The largest absolute Gasteiger partial charge is 0.362 e. The van der Waals surface area contributed by atoms with Crippen molar-refractivity contribution in [3.63, 3.8) is 0 Å². The molecule has 0 atom stereocenters. The van der Waals surface area contributed by atoms with Gasteiger partial charge in [-0.15, -0.1) is 0 Å². The van der Waals surface area contributed by atoms with Crippen LogP contribution >= 0.6 is 0 Å². The van der Waals surface area contributed by atoms with Crippen LogP contribution < -0.4 is 16.6 Å². The van der Waals surface area contributed by atoms with E-state index in [4.69, 9.17) is 5.84 Å². The summed E-state index contributed by atoms with van der Waals surface area (Å²) < 4.78 is 1.84. The van der Waals surface area contributed by atoms with Crippen LogP contribution in [0.3, 0.4) is 0 Å². The molecule has 0 amide bonds. The zero-order valence-corrected chi connectivity index (χ0v) is 10.8. The summed E-state index contributed by atoms with van der Waals surface area (Å²) in [6.07, 6.45) is 5.12. The highest BCUT2D eigenvalue weighted by atomic mass is 16.6. The molecule has 10 nitrogen and oxygen atoms in total. The molecule has 0 saturated heterocycles. The highest BCUT2D eigenvalue weighted by Gasteiger charge is 2.21. The van der Waals surface area contributed by atoms with Gasteiger partial charge < -0.3 is 9.88 Å². The Morgan fingerprint density at radius 3 is 2.90 bits per heavy atom. The molecule has 0 bridgehead atoms. The van der Waals surface area contributed by atoms with Crippen molar-refractivity contribution in [3.8, 4) is 0 Å². The first kappa shape index (κ1) is 13.7. The third-order valence-electron chi connectivity index (χ3n) is 2.59. The summed E-state index contributed by atoms with van der Waals surface area (Å²) in [5, 5.41) is 14.0. The van der Waals surface area contributed by atoms with E-state index in [-0.39, 0.29) is 23.1 Å². The molecular formula is C10H14N8O2. The smallest absolute Gasteiger partial charge is 0.332 e. The minimum atomic E-state index is -0.519. The van der Waals surface area contributed by atoms with Crippen LogP contribution in [-0.2, 0) is 6.54 Å². The van der Waals surface area contributed by atoms with Crippen LogP contribution in [0.25, 0.3) is 0 Å². The summed E-state index contributed by atoms with van der Waals surface area (Å²) in [7, 11) is 0. The molecule has 20 heavy (non-hydrogen) atoms. The number of hydrogen-bond acceptors (Lipinski definition) is 8. The molecule has 10 heteroatoms. The number of nitrogens with two attached hydrogens (primary N) is 1. The van der Waals surface area contributed by atoms with E-state index < -0.39 is 4.92 Å². The third-order valence-corrected chi connectivity index (χ3v) is 2.59. The van der Waals surface area contributed by atoms with E-state index in [9.17, 15) is 10.1 Å². The molecule has 0 aliphatic heterocycles. The Kier molecular flexibility index (Phi) is 4.05. The zero-order valence-electron chi connectivity index (χ0n) is 10.8. The van der Waals surface area contributed by atoms with E-state index in [1.54, 1.807) is 18.7 Å². The molecule has 0 unspecified atom stereocenters. The average Bonchev–Trinajstić information content (AvgIpc) is 2.90. The van der Waals surface area contributed by atoms with E-state index >= 15 is 0 Å². The second-order valence-electron chi connectivity index (χ2n) is 3.96. The number of nitrogens with one attached hydrogen (secondary N) is 2. The Balaban J connectivity index is 2.16. The molecule has 2 aromatic rings. The van der Waals surface area contributed by atoms with E-state index in [0.717, 1.165) is 0 Å². The lowest BCUT2D eigenvalue weighted by atomic mass is 10.3. The Labute approximate surface area is 114 Å². The summed E-state index contributed by atoms with van der Waals surface area (Å²) >= 11 is 0. The van der Waals surface area contributed by atoms with Crippen molar-refractivity contribution in [1.29, 1.82) is 0 Å². The van der Waals surface area contributed by atoms with Crippen molar-refractivity contribution in [2.45, 2.75) is 13.5 Å². The van der Waals surface area contributed by atoms with Crippen LogP contribution in [0.5, 0.6) is 0 Å². The van der Waals surface area contributed by atoms with Gasteiger partial charge in [0.2, 0.25) is 11.8 Å². The lowest BCUT2D eigenvalue weighted by molar-refractivity contribution is -0.385. The molecule has 0 radical (unpaired) electrons. The van der Waals surface area contributed by atoms with Gasteiger partial charge >= 0.3 is 5.69 Å². The molecule has 0 aromatic carbocycles. The van der Waals surface area contributed by atoms with Crippen LogP contribution in [0.1, 0.15) is 5.69 Å². The molecule has 0 aliphatic carbocycles. The number of aromatic nitrogens is 4. The third kappa shape index (κ3) is 2.98. The van der Waals surface area contributed by atoms with Crippen molar-refractivity contribution in [3.05, 3.63) is 34.5 Å². The van der Waals surface area contributed by atoms with Gasteiger partial charge in [0, 0.05) is 25.5 Å². The van der Waals surface area contributed by atoms with Gasteiger partial charge in [0.15, 0.2) is 0 Å². The number of nitrogen functional groups attached to an aromatic ring is 1. The quantitative estimate of drug-likeness (QED) is 0.389. The summed E-state index contributed by atoms with van der Waals surface area (Å²) in [5.41, 5.74) is 2.36. The summed E-state index contributed by atoms with van der Waals surface area (Å²) in [5.74, 6) is 5.49. The summed E-state index contributed by atoms with van der Waals surface area (Å²) in [4.78, 5) is 22.3. The second kappa shape index (κ2) is 5.93. The van der Waals surface area contributed by atoms with E-state index in [1.165, 1.54) is 6.92 Å². The van der Waals surface area contributed by atoms with Crippen molar-refractivity contribution in [1.82, 2.24) is 19.5 Å². The maximum Gasteiger partial charge on any atom is 0.332 e. The van der Waals surface area contributed by atoms with E-state index in [2.05, 4.69) is 25.7 Å². The van der Waals surface area contributed by atoms with Gasteiger partial charge in [-0.2, -0.15) is 4.98 Å². The Morgan fingerprint density at radius 2 is 2.30 bits per heavy atom. The molecular weight excluding hydrogens is 264 g/mol. The van der Waals surface area contributed by atoms with Crippen molar-refractivity contribution in [2.24, 2.45) is 5.84 Å². The molecule has 2 heterocycles. The van der Waals surface area contributed by atoms with Crippen molar-refractivity contribution in [2.75, 3.05) is 17.3 Å². The Morgan fingerprint density at radius 1 is 1.50 bits per heavy atom. The number of anilines is 2. The summed E-state index contributed by atoms with van der Waals surface area (Å²) in [6.45, 7) is 2.59. The fourth-order valence-corrected chi connectivity index (χ4v) is 1.70. The van der Waals surface area contributed by atoms with Gasteiger partial charge in [-0.1, -0.05) is 0 Å². The van der Waals surface area contributed by atoms with E-state index in [1.807, 2.05) is 4.57 Å². The standard InChI is InChI=1S/C10H14N8O2/c1-7-8(18(19)20)9(15-10(14-7)16-11)13-3-5-17-4-2-12-6-17/h2,4,6H,3,5,11H2,1H3,(H2,13,14,15,16). The molecule has 2 aromatic heterocycles. The monoisotopic (exact) mass is 278 g/mol. The molecule has 0 aliphatic rings. The number of hydrogen-bond donors (Lipinski definition) is 3. The van der Waals surface area contributed by atoms with E-state index in [0.29, 0.717) is 13.1 Å². The minimum Gasteiger partial charge on any atom is -0.362 e. The van der Waals surface area contributed by atoms with Crippen LogP contribution in [0.4, 0.5) is 17.5 Å². The fraction of sp³-hybridized carbons (Fsp3) is 0.300. The lowest BCUT2D eigenvalue weighted by Crippen LogP contribution is -2.16. The highest BCUT2D eigenvalue weighted by molar-refractivity contribution is 5.60. The maximum atomic E-state index is 11.1. The highest BCUT2D eigenvalue weighted by Crippen LogP contribution is 2.25. The van der Waals surface area contributed by atoms with Crippen molar-refractivity contribution < 1.29 is 4.92 Å². The molecule has 0 saturated carbocycles. The number of hydrazine groups is 1. The number of nitro groups is 1.